The van der Waals surface area contributed by atoms with Crippen LogP contribution in [-0.4, -0.2) is 18.7 Å². The second-order valence-electron chi connectivity index (χ2n) is 22.5. The van der Waals surface area contributed by atoms with Gasteiger partial charge in [0.2, 0.25) is 0 Å². The summed E-state index contributed by atoms with van der Waals surface area (Å²) in [5.74, 6) is 1.07. The quantitative estimate of drug-likeness (QED) is 0.118. The Balaban J connectivity index is 0.00000915. The summed E-state index contributed by atoms with van der Waals surface area (Å²) < 4.78 is 202. The Kier molecular flexibility index (Phi) is 8.61. The van der Waals surface area contributed by atoms with E-state index in [0.29, 0.717) is 28.1 Å². The molecule has 0 saturated heterocycles. The van der Waals surface area contributed by atoms with Crippen LogP contribution in [-0.2, 0) is 26.5 Å². The van der Waals surface area contributed by atoms with Crippen molar-refractivity contribution in [3.63, 3.8) is 0 Å². The molecule has 11 aromatic carbocycles. The zero-order valence-electron chi connectivity index (χ0n) is 66.8. The van der Waals surface area contributed by atoms with Crippen LogP contribution in [0.1, 0.15) is 76.0 Å². The van der Waals surface area contributed by atoms with Crippen molar-refractivity contribution in [3.8, 4) is 90.0 Å². The molecule has 6 nitrogen and oxygen atoms in total. The first-order valence-electron chi connectivity index (χ1n) is 38.0. The predicted molar refractivity (Wildman–Crippen MR) is 353 cm³/mol. The van der Waals surface area contributed by atoms with Gasteiger partial charge < -0.3 is 18.4 Å². The standard InChI is InChI=1S/C80H59N5O.Pt/c1-49-21-18-22-50(2)76(49)53-41-67-61-29-10-8-27-59(61)60-28-9-11-30-62(60)68-45-56(84-70-34-15-12-31-63(70)64-32-13-16-35-71(64)84)46-74-79(68)83(78(67)69(42-53)77-51(3)23-19-24-52(77)4)48-82(74)55-25-20-26-57(44-55)86-58-37-38-66-65-33-14-17-36-72(65)85(73(66)47-58)75-43-54(39-40-81-75)80(5,6)7;/h8-43,45-46H,1-7H3;/q-2;/i1D3,2D3,3D3,4D3,8D,9D,10D,11D,27D,28D,29D,30D;. The SMILES string of the molecule is [2H]c1c([2H])c([2H])c2c(c1[2H])-c1cc(-c3c(C([2H])([2H])[2H])cccc3C([2H])([2H])[2H])cc(-c3c(C([2H])([2H])[2H])cccc3C([2H])([2H])[2H])c1-[n+]1[c-]n(-c3[c-]c(Oc4[c-]c5c(cc4)c4ccccc4n5-c4cc(C(C)(C)C)ccn4)ccc3)c3cc(-n4c5ccccc5c5ccccc54)cc(c31)-c1c([2H])c([2H])c([2H])c([2H])c1-2.[Pt]. The van der Waals surface area contributed by atoms with Gasteiger partial charge in [0.15, 0.2) is 0 Å². The Hall–Kier alpha value is -9.87. The Labute approximate surface area is 549 Å². The molecule has 0 spiro atoms. The monoisotopic (exact) mass is 1320 g/mol. The molecule has 0 amide bonds. The average molecular weight is 1320 g/mol. The zero-order valence-corrected chi connectivity index (χ0v) is 49.1. The Morgan fingerprint density at radius 2 is 1.05 bits per heavy atom. The molecule has 16 rings (SSSR count). The topological polar surface area (TPSA) is 40.8 Å². The van der Waals surface area contributed by atoms with Crippen LogP contribution in [0.25, 0.3) is 133 Å². The number of rotatable bonds is 7. The molecule has 1 aliphatic heterocycles. The largest absolute Gasteiger partial charge is 0.510 e. The molecule has 422 valence electrons. The first kappa shape index (κ1) is 36.2. The van der Waals surface area contributed by atoms with Crippen molar-refractivity contribution >= 4 is 54.6 Å². The minimum Gasteiger partial charge on any atom is -0.510 e. The Morgan fingerprint density at radius 1 is 0.494 bits per heavy atom. The van der Waals surface area contributed by atoms with E-state index in [1.54, 1.807) is 47.2 Å². The maximum Gasteiger partial charge on any atom is 0.268 e. The van der Waals surface area contributed by atoms with Crippen molar-refractivity contribution in [1.82, 2.24) is 18.7 Å². The van der Waals surface area contributed by atoms with E-state index in [1.807, 2.05) is 94.1 Å². The van der Waals surface area contributed by atoms with E-state index in [0.717, 1.165) is 32.6 Å². The second-order valence-corrected chi connectivity index (χ2v) is 22.5. The van der Waals surface area contributed by atoms with Crippen LogP contribution in [0, 0.1) is 45.9 Å². The number of nitrogens with zero attached hydrogens (tertiary/aromatic N) is 5. The number of hydrogen-bond donors (Lipinski definition) is 0. The zero-order chi connectivity index (χ0) is 75.1. The molecule has 0 fully saturated rings. The molecular formula is C80H59N5OPt-2. The summed E-state index contributed by atoms with van der Waals surface area (Å²) in [6.07, 6.45) is 5.31. The fraction of sp³-hybridized carbons (Fsp3) is 0.100. The average Bonchev–Trinajstić information content (AvgIpc) is 1.59. The third-order valence-corrected chi connectivity index (χ3v) is 16.4. The maximum atomic E-state index is 10.3. The van der Waals surface area contributed by atoms with E-state index >= 15 is 0 Å². The van der Waals surface area contributed by atoms with Crippen LogP contribution >= 0.6 is 0 Å². The van der Waals surface area contributed by atoms with E-state index < -0.39 is 126 Å². The summed E-state index contributed by atoms with van der Waals surface area (Å²) in [4.78, 5) is 4.86. The summed E-state index contributed by atoms with van der Waals surface area (Å²) in [6, 6.07) is 50.1. The molecular weight excluding hydrogens is 1240 g/mol. The first-order valence-corrected chi connectivity index (χ1v) is 28.0. The summed E-state index contributed by atoms with van der Waals surface area (Å²) >= 11 is 0. The van der Waals surface area contributed by atoms with Crippen molar-refractivity contribution in [2.75, 3.05) is 0 Å². The third kappa shape index (κ3) is 8.63. The van der Waals surface area contributed by atoms with Crippen LogP contribution in [0.2, 0.25) is 0 Å². The molecule has 4 aromatic heterocycles. The van der Waals surface area contributed by atoms with Crippen molar-refractivity contribution in [3.05, 3.63) is 277 Å². The van der Waals surface area contributed by atoms with Gasteiger partial charge in [-0.15, -0.1) is 29.7 Å². The van der Waals surface area contributed by atoms with Gasteiger partial charge in [-0.25, -0.2) is 4.98 Å². The van der Waals surface area contributed by atoms with Gasteiger partial charge in [0.25, 0.3) is 6.33 Å². The van der Waals surface area contributed by atoms with E-state index in [9.17, 15) is 19.2 Å². The van der Waals surface area contributed by atoms with Crippen molar-refractivity contribution in [1.29, 1.82) is 0 Å². The maximum absolute atomic E-state index is 10.3. The van der Waals surface area contributed by atoms with Gasteiger partial charge in [-0.2, -0.15) is 18.2 Å². The van der Waals surface area contributed by atoms with Gasteiger partial charge in [0.1, 0.15) is 5.82 Å². The van der Waals surface area contributed by atoms with Gasteiger partial charge in [0, 0.05) is 77.2 Å². The number of pyridine rings is 1. The van der Waals surface area contributed by atoms with Crippen LogP contribution in [0.4, 0.5) is 0 Å². The number of para-hydroxylation sites is 3. The van der Waals surface area contributed by atoms with E-state index in [1.165, 1.54) is 53.1 Å². The third-order valence-electron chi connectivity index (χ3n) is 16.4. The molecule has 0 N–H and O–H groups in total. The molecule has 0 radical (unpaired) electrons. The van der Waals surface area contributed by atoms with Gasteiger partial charge in [-0.3, -0.25) is 4.57 Å². The predicted octanol–water partition coefficient (Wildman–Crippen LogP) is 19.9. The number of aromatic nitrogens is 5. The normalized spacial score (nSPS) is 15.9. The van der Waals surface area contributed by atoms with Gasteiger partial charge in [-0.05, 0) is 182 Å². The number of hydrogen-bond acceptors (Lipinski definition) is 2. The molecule has 0 saturated carbocycles. The summed E-state index contributed by atoms with van der Waals surface area (Å²) in [7, 11) is 0. The fourth-order valence-corrected chi connectivity index (χ4v) is 12.5. The smallest absolute Gasteiger partial charge is 0.268 e. The van der Waals surface area contributed by atoms with Crippen LogP contribution in [0.15, 0.2) is 230 Å². The Bertz CT molecular complexity index is 6180. The van der Waals surface area contributed by atoms with Crippen LogP contribution in [0.5, 0.6) is 11.5 Å². The summed E-state index contributed by atoms with van der Waals surface area (Å²) in [5, 5.41) is 3.48. The molecule has 15 aromatic rings. The first-order chi connectivity index (χ1) is 50.1. The van der Waals surface area contributed by atoms with Crippen molar-refractivity contribution < 1.29 is 57.8 Å². The number of aryl methyl sites for hydroxylation is 4. The molecule has 1 aliphatic rings. The molecule has 87 heavy (non-hydrogen) atoms. The second kappa shape index (κ2) is 20.7. The Morgan fingerprint density at radius 3 is 1.68 bits per heavy atom. The molecule has 0 bridgehead atoms. The van der Waals surface area contributed by atoms with Crippen LogP contribution < -0.4 is 9.30 Å². The fourth-order valence-electron chi connectivity index (χ4n) is 12.5. The molecule has 0 unspecified atom stereocenters. The van der Waals surface area contributed by atoms with Gasteiger partial charge >= 0.3 is 0 Å². The molecule has 0 atom stereocenters. The molecule has 0 aliphatic carbocycles. The van der Waals surface area contributed by atoms with Crippen molar-refractivity contribution in [2.24, 2.45) is 0 Å². The van der Waals surface area contributed by atoms with Gasteiger partial charge in [-0.1, -0.05) is 166 Å². The molecule has 7 heteroatoms. The van der Waals surface area contributed by atoms with Crippen LogP contribution in [0.3, 0.4) is 0 Å². The minimum absolute atomic E-state index is 0. The number of ether oxygens (including phenoxy) is 1. The van der Waals surface area contributed by atoms with E-state index in [2.05, 4.69) is 45.3 Å². The number of imidazole rings is 1. The van der Waals surface area contributed by atoms with E-state index in [4.69, 9.17) is 17.9 Å². The summed E-state index contributed by atoms with van der Waals surface area (Å²) in [6.45, 7) is -6.18. The van der Waals surface area contributed by atoms with E-state index in [-0.39, 0.29) is 88.2 Å². The number of benzene rings is 11. The summed E-state index contributed by atoms with van der Waals surface area (Å²) in [5.41, 5.74) is -1.51. The molecule has 5 heterocycles. The van der Waals surface area contributed by atoms with Gasteiger partial charge in [0.05, 0.1) is 38.7 Å². The number of fused-ring (bicyclic) bond motifs is 13. The minimum atomic E-state index is -3.18. The van der Waals surface area contributed by atoms with Crippen molar-refractivity contribution in [2.45, 2.75) is 53.6 Å².